The van der Waals surface area contributed by atoms with E-state index < -0.39 is 0 Å². The number of phenolic OH excluding ortho intramolecular Hbond substituents is 1. The van der Waals surface area contributed by atoms with Gasteiger partial charge in [0.2, 0.25) is 0 Å². The molecule has 0 bridgehead atoms. The summed E-state index contributed by atoms with van der Waals surface area (Å²) in [5, 5.41) is 21.9. The molecule has 0 radical (unpaired) electrons. The van der Waals surface area contributed by atoms with Crippen molar-refractivity contribution in [2.24, 2.45) is 0 Å². The number of aromatic hydroxyl groups is 1. The van der Waals surface area contributed by atoms with Crippen LogP contribution in [0.1, 0.15) is 11.1 Å². The van der Waals surface area contributed by atoms with Crippen LogP contribution in [-0.4, -0.2) is 16.8 Å². The lowest BCUT2D eigenvalue weighted by atomic mass is 10.1. The van der Waals surface area contributed by atoms with E-state index in [0.29, 0.717) is 24.2 Å². The molecule has 0 heterocycles. The molecule has 2 rings (SSSR count). The Kier molecular flexibility index (Phi) is 4.26. The van der Waals surface area contributed by atoms with Gasteiger partial charge in [0.1, 0.15) is 5.75 Å². The third-order valence-electron chi connectivity index (χ3n) is 2.98. The number of nitrogens with one attached hydrogen (secondary N) is 1. The number of hydrogen-bond acceptors (Lipinski definition) is 4. The van der Waals surface area contributed by atoms with Crippen molar-refractivity contribution in [3.8, 4) is 5.75 Å². The Labute approximate surface area is 112 Å². The maximum Gasteiger partial charge on any atom is 0.122 e. The van der Waals surface area contributed by atoms with Gasteiger partial charge in [0.15, 0.2) is 0 Å². The summed E-state index contributed by atoms with van der Waals surface area (Å²) in [6.45, 7) is 0.594. The van der Waals surface area contributed by atoms with Gasteiger partial charge in [-0.25, -0.2) is 0 Å². The first kappa shape index (κ1) is 13.2. The Balaban J connectivity index is 2.08. The summed E-state index contributed by atoms with van der Waals surface area (Å²) in [6, 6.07) is 12.9. The molecule has 2 aromatic carbocycles. The molecule has 0 aromatic heterocycles. The molecule has 19 heavy (non-hydrogen) atoms. The van der Waals surface area contributed by atoms with Crippen LogP contribution in [0.4, 0.5) is 11.4 Å². The van der Waals surface area contributed by atoms with E-state index in [-0.39, 0.29) is 12.4 Å². The standard InChI is InChI=1S/C15H18N2O2/c16-14-5-2-6-15(19)13(14)10-17-12-4-1-3-11(9-12)7-8-18/h1-6,9,17-19H,7-8,10,16H2. The monoisotopic (exact) mass is 258 g/mol. The minimum atomic E-state index is 0.135. The van der Waals surface area contributed by atoms with Gasteiger partial charge < -0.3 is 21.3 Å². The van der Waals surface area contributed by atoms with E-state index in [9.17, 15) is 5.11 Å². The molecule has 0 amide bonds. The molecule has 0 aliphatic heterocycles. The van der Waals surface area contributed by atoms with Crippen LogP contribution in [0.3, 0.4) is 0 Å². The van der Waals surface area contributed by atoms with Gasteiger partial charge in [-0.1, -0.05) is 18.2 Å². The van der Waals surface area contributed by atoms with Crippen LogP contribution in [0.25, 0.3) is 0 Å². The summed E-state index contributed by atoms with van der Waals surface area (Å²) in [5.41, 5.74) is 9.09. The Morgan fingerprint density at radius 2 is 1.89 bits per heavy atom. The fraction of sp³-hybridized carbons (Fsp3) is 0.200. The fourth-order valence-electron chi connectivity index (χ4n) is 1.94. The lowest BCUT2D eigenvalue weighted by Gasteiger charge is -2.11. The van der Waals surface area contributed by atoms with Crippen LogP contribution in [-0.2, 0) is 13.0 Å². The Morgan fingerprint density at radius 3 is 2.63 bits per heavy atom. The first-order valence-corrected chi connectivity index (χ1v) is 6.20. The summed E-state index contributed by atoms with van der Waals surface area (Å²) < 4.78 is 0. The largest absolute Gasteiger partial charge is 0.508 e. The third kappa shape index (κ3) is 3.39. The Morgan fingerprint density at radius 1 is 1.11 bits per heavy atom. The van der Waals surface area contributed by atoms with Gasteiger partial charge in [-0.2, -0.15) is 0 Å². The highest BCUT2D eigenvalue weighted by atomic mass is 16.3. The molecule has 2 aromatic rings. The second-order valence-corrected chi connectivity index (χ2v) is 4.37. The average Bonchev–Trinajstić information content (AvgIpc) is 2.39. The molecular weight excluding hydrogens is 240 g/mol. The van der Waals surface area contributed by atoms with E-state index in [4.69, 9.17) is 10.8 Å². The van der Waals surface area contributed by atoms with E-state index in [0.717, 1.165) is 11.3 Å². The van der Waals surface area contributed by atoms with Gasteiger partial charge in [0.25, 0.3) is 0 Å². The van der Waals surface area contributed by atoms with Gasteiger partial charge in [-0.05, 0) is 36.2 Å². The predicted molar refractivity (Wildman–Crippen MR) is 77.1 cm³/mol. The molecule has 0 fully saturated rings. The van der Waals surface area contributed by atoms with Crippen LogP contribution in [0.15, 0.2) is 42.5 Å². The molecule has 0 saturated carbocycles. The number of nitrogens with two attached hydrogens (primary N) is 1. The fourth-order valence-corrected chi connectivity index (χ4v) is 1.94. The molecule has 4 heteroatoms. The molecule has 0 atom stereocenters. The number of benzene rings is 2. The topological polar surface area (TPSA) is 78.5 Å². The number of phenols is 1. The second kappa shape index (κ2) is 6.11. The molecule has 0 unspecified atom stereocenters. The Hall–Kier alpha value is -2.20. The number of aliphatic hydroxyl groups excluding tert-OH is 1. The normalized spacial score (nSPS) is 10.4. The van der Waals surface area contributed by atoms with Crippen LogP contribution in [0.2, 0.25) is 0 Å². The van der Waals surface area contributed by atoms with Crippen molar-refractivity contribution in [1.29, 1.82) is 0 Å². The lowest BCUT2D eigenvalue weighted by Crippen LogP contribution is -2.03. The van der Waals surface area contributed by atoms with Crippen molar-refractivity contribution in [2.45, 2.75) is 13.0 Å². The van der Waals surface area contributed by atoms with Crippen LogP contribution in [0, 0.1) is 0 Å². The zero-order valence-electron chi connectivity index (χ0n) is 10.6. The first-order valence-electron chi connectivity index (χ1n) is 6.20. The molecule has 4 nitrogen and oxygen atoms in total. The van der Waals surface area contributed by atoms with Crippen molar-refractivity contribution in [1.82, 2.24) is 0 Å². The van der Waals surface area contributed by atoms with Gasteiger partial charge >= 0.3 is 0 Å². The van der Waals surface area contributed by atoms with Crippen molar-refractivity contribution in [3.63, 3.8) is 0 Å². The van der Waals surface area contributed by atoms with E-state index >= 15 is 0 Å². The number of nitrogen functional groups attached to an aromatic ring is 1. The average molecular weight is 258 g/mol. The van der Waals surface area contributed by atoms with E-state index in [2.05, 4.69) is 5.32 Å². The van der Waals surface area contributed by atoms with Crippen LogP contribution >= 0.6 is 0 Å². The number of anilines is 2. The van der Waals surface area contributed by atoms with Gasteiger partial charge in [0.05, 0.1) is 0 Å². The predicted octanol–water partition coefficient (Wildman–Crippen LogP) is 2.12. The number of aliphatic hydroxyl groups is 1. The number of rotatable bonds is 5. The van der Waals surface area contributed by atoms with E-state index in [1.54, 1.807) is 18.2 Å². The minimum Gasteiger partial charge on any atom is -0.508 e. The SMILES string of the molecule is Nc1cccc(O)c1CNc1cccc(CCO)c1. The minimum absolute atomic E-state index is 0.135. The van der Waals surface area contributed by atoms with Gasteiger partial charge in [0, 0.05) is 30.1 Å². The maximum absolute atomic E-state index is 9.76. The van der Waals surface area contributed by atoms with Crippen molar-refractivity contribution >= 4 is 11.4 Å². The number of hydrogen-bond donors (Lipinski definition) is 4. The molecule has 0 spiro atoms. The molecule has 100 valence electrons. The smallest absolute Gasteiger partial charge is 0.122 e. The Bertz CT molecular complexity index is 535. The highest BCUT2D eigenvalue weighted by Gasteiger charge is 2.05. The molecule has 5 N–H and O–H groups in total. The molecule has 0 aliphatic carbocycles. The molecule has 0 saturated heterocycles. The quantitative estimate of drug-likeness (QED) is 0.619. The van der Waals surface area contributed by atoms with Crippen LogP contribution in [0.5, 0.6) is 5.75 Å². The van der Waals surface area contributed by atoms with Crippen molar-refractivity contribution < 1.29 is 10.2 Å². The summed E-state index contributed by atoms with van der Waals surface area (Å²) in [4.78, 5) is 0. The zero-order chi connectivity index (χ0) is 13.7. The summed E-state index contributed by atoms with van der Waals surface area (Å²) in [7, 11) is 0. The second-order valence-electron chi connectivity index (χ2n) is 4.37. The van der Waals surface area contributed by atoms with Crippen molar-refractivity contribution in [3.05, 3.63) is 53.6 Å². The summed E-state index contributed by atoms with van der Waals surface area (Å²) in [6.07, 6.45) is 0.633. The highest BCUT2D eigenvalue weighted by molar-refractivity contribution is 5.56. The van der Waals surface area contributed by atoms with Gasteiger partial charge in [-0.15, -0.1) is 0 Å². The van der Waals surface area contributed by atoms with Crippen molar-refractivity contribution in [2.75, 3.05) is 17.7 Å². The van der Waals surface area contributed by atoms with E-state index in [1.807, 2.05) is 24.3 Å². The lowest BCUT2D eigenvalue weighted by molar-refractivity contribution is 0.299. The maximum atomic E-state index is 9.76. The third-order valence-corrected chi connectivity index (χ3v) is 2.98. The summed E-state index contributed by atoms with van der Waals surface area (Å²) in [5.74, 6) is 0.194. The summed E-state index contributed by atoms with van der Waals surface area (Å²) >= 11 is 0. The van der Waals surface area contributed by atoms with Crippen LogP contribution < -0.4 is 11.1 Å². The highest BCUT2D eigenvalue weighted by Crippen LogP contribution is 2.24. The zero-order valence-corrected chi connectivity index (χ0v) is 10.6. The van der Waals surface area contributed by atoms with E-state index in [1.165, 1.54) is 0 Å². The molecular formula is C15H18N2O2. The van der Waals surface area contributed by atoms with Gasteiger partial charge in [-0.3, -0.25) is 0 Å². The first-order chi connectivity index (χ1) is 9.20. The molecule has 0 aliphatic rings.